The molecule has 20 heavy (non-hydrogen) atoms. The van der Waals surface area contributed by atoms with E-state index in [9.17, 15) is 9.90 Å². The summed E-state index contributed by atoms with van der Waals surface area (Å²) in [4.78, 5) is 11.8. The molecule has 0 aliphatic carbocycles. The van der Waals surface area contributed by atoms with Gasteiger partial charge in [-0.05, 0) is 43.2 Å². The van der Waals surface area contributed by atoms with Crippen molar-refractivity contribution >= 4 is 11.6 Å². The van der Waals surface area contributed by atoms with E-state index in [0.717, 1.165) is 16.8 Å². The van der Waals surface area contributed by atoms with Gasteiger partial charge in [-0.3, -0.25) is 4.79 Å². The van der Waals surface area contributed by atoms with Crippen molar-refractivity contribution in [3.8, 4) is 11.5 Å². The van der Waals surface area contributed by atoms with Gasteiger partial charge in [-0.2, -0.15) is 0 Å². The van der Waals surface area contributed by atoms with Gasteiger partial charge in [0.2, 0.25) is 0 Å². The predicted molar refractivity (Wildman–Crippen MR) is 78.1 cm³/mol. The highest BCUT2D eigenvalue weighted by atomic mass is 16.5. The summed E-state index contributed by atoms with van der Waals surface area (Å²) in [7, 11) is 0. The fraction of sp³-hybridized carbons (Fsp3) is 0.188. The second-order valence-electron chi connectivity index (χ2n) is 4.66. The standard InChI is InChI=1S/C16H17NO3/c1-11-7-13(18)9-14(8-11)20-10-16(19)17-15-6-4-3-5-12(15)2/h3-9,18H,10H2,1-2H3,(H,17,19). The molecule has 0 unspecified atom stereocenters. The maximum atomic E-state index is 11.8. The Morgan fingerprint density at radius 2 is 1.95 bits per heavy atom. The Bertz CT molecular complexity index is 603. The van der Waals surface area contributed by atoms with Gasteiger partial charge in [0.25, 0.3) is 5.91 Å². The number of hydrogen-bond acceptors (Lipinski definition) is 3. The molecule has 2 aromatic rings. The van der Waals surface area contributed by atoms with Gasteiger partial charge in [-0.1, -0.05) is 18.2 Å². The number of hydrogen-bond donors (Lipinski definition) is 2. The summed E-state index contributed by atoms with van der Waals surface area (Å²) >= 11 is 0. The molecular weight excluding hydrogens is 254 g/mol. The van der Waals surface area contributed by atoms with Crippen LogP contribution >= 0.6 is 0 Å². The van der Waals surface area contributed by atoms with E-state index in [4.69, 9.17) is 4.74 Å². The topological polar surface area (TPSA) is 58.6 Å². The zero-order chi connectivity index (χ0) is 14.5. The molecule has 0 atom stereocenters. The van der Waals surface area contributed by atoms with Crippen LogP contribution in [-0.2, 0) is 4.79 Å². The molecular formula is C16H17NO3. The quantitative estimate of drug-likeness (QED) is 0.898. The van der Waals surface area contributed by atoms with Gasteiger partial charge in [0.05, 0.1) is 0 Å². The van der Waals surface area contributed by atoms with Crippen molar-refractivity contribution in [2.24, 2.45) is 0 Å². The molecule has 4 nitrogen and oxygen atoms in total. The molecule has 2 aromatic carbocycles. The maximum Gasteiger partial charge on any atom is 0.262 e. The van der Waals surface area contributed by atoms with E-state index >= 15 is 0 Å². The van der Waals surface area contributed by atoms with Crippen LogP contribution in [0.4, 0.5) is 5.69 Å². The molecule has 0 bridgehead atoms. The van der Waals surface area contributed by atoms with E-state index in [1.807, 2.05) is 38.1 Å². The monoisotopic (exact) mass is 271 g/mol. The Balaban J connectivity index is 1.94. The van der Waals surface area contributed by atoms with Crippen LogP contribution < -0.4 is 10.1 Å². The average molecular weight is 271 g/mol. The van der Waals surface area contributed by atoms with Gasteiger partial charge in [0.15, 0.2) is 6.61 Å². The Morgan fingerprint density at radius 3 is 2.65 bits per heavy atom. The van der Waals surface area contributed by atoms with Gasteiger partial charge in [-0.15, -0.1) is 0 Å². The number of para-hydroxylation sites is 1. The molecule has 0 spiro atoms. The van der Waals surface area contributed by atoms with E-state index < -0.39 is 0 Å². The van der Waals surface area contributed by atoms with Crippen LogP contribution in [0.1, 0.15) is 11.1 Å². The first kappa shape index (κ1) is 13.9. The van der Waals surface area contributed by atoms with Crippen LogP contribution in [0.5, 0.6) is 11.5 Å². The third kappa shape index (κ3) is 3.75. The van der Waals surface area contributed by atoms with Crippen LogP contribution in [-0.4, -0.2) is 17.6 Å². The SMILES string of the molecule is Cc1cc(O)cc(OCC(=O)Nc2ccccc2C)c1. The number of anilines is 1. The van der Waals surface area contributed by atoms with Crippen LogP contribution in [0.25, 0.3) is 0 Å². The molecule has 2 rings (SSSR count). The number of phenols is 1. The number of nitrogens with one attached hydrogen (secondary N) is 1. The van der Waals surface area contributed by atoms with Crippen molar-refractivity contribution in [2.75, 3.05) is 11.9 Å². The number of aromatic hydroxyl groups is 1. The van der Waals surface area contributed by atoms with E-state index in [1.165, 1.54) is 6.07 Å². The molecule has 0 heterocycles. The van der Waals surface area contributed by atoms with E-state index in [2.05, 4.69) is 5.32 Å². The molecule has 1 amide bonds. The Kier molecular flexibility index (Phi) is 4.25. The van der Waals surface area contributed by atoms with Gasteiger partial charge in [0, 0.05) is 11.8 Å². The Morgan fingerprint density at radius 1 is 1.20 bits per heavy atom. The summed E-state index contributed by atoms with van der Waals surface area (Å²) in [6.45, 7) is 3.67. The highest BCUT2D eigenvalue weighted by Crippen LogP contribution is 2.21. The number of carbonyl (C=O) groups is 1. The number of aryl methyl sites for hydroxylation is 2. The molecule has 0 radical (unpaired) electrons. The molecule has 0 aromatic heterocycles. The first-order chi connectivity index (χ1) is 9.54. The lowest BCUT2D eigenvalue weighted by atomic mass is 10.2. The minimum atomic E-state index is -0.236. The highest BCUT2D eigenvalue weighted by molar-refractivity contribution is 5.92. The molecule has 0 saturated carbocycles. The smallest absolute Gasteiger partial charge is 0.262 e. The molecule has 0 saturated heterocycles. The molecule has 0 fully saturated rings. The van der Waals surface area contributed by atoms with Crippen molar-refractivity contribution in [2.45, 2.75) is 13.8 Å². The van der Waals surface area contributed by atoms with Gasteiger partial charge < -0.3 is 15.2 Å². The van der Waals surface area contributed by atoms with Gasteiger partial charge in [-0.25, -0.2) is 0 Å². The average Bonchev–Trinajstić information content (AvgIpc) is 2.38. The lowest BCUT2D eigenvalue weighted by Crippen LogP contribution is -2.20. The van der Waals surface area contributed by atoms with E-state index in [0.29, 0.717) is 5.75 Å². The van der Waals surface area contributed by atoms with Gasteiger partial charge >= 0.3 is 0 Å². The predicted octanol–water partition coefficient (Wildman–Crippen LogP) is 3.03. The lowest BCUT2D eigenvalue weighted by Gasteiger charge is -2.10. The number of phenolic OH excluding ortho intramolecular Hbond substituents is 1. The van der Waals surface area contributed by atoms with Crippen molar-refractivity contribution < 1.29 is 14.6 Å². The second kappa shape index (κ2) is 6.10. The summed E-state index contributed by atoms with van der Waals surface area (Å²) in [5.74, 6) is 0.363. The number of ether oxygens (including phenoxy) is 1. The fourth-order valence-electron chi connectivity index (χ4n) is 1.86. The van der Waals surface area contributed by atoms with Crippen molar-refractivity contribution in [3.63, 3.8) is 0 Å². The largest absolute Gasteiger partial charge is 0.508 e. The van der Waals surface area contributed by atoms with E-state index in [-0.39, 0.29) is 18.3 Å². The number of carbonyl (C=O) groups excluding carboxylic acids is 1. The molecule has 0 aliphatic rings. The number of benzene rings is 2. The van der Waals surface area contributed by atoms with Gasteiger partial charge in [0.1, 0.15) is 11.5 Å². The van der Waals surface area contributed by atoms with Crippen molar-refractivity contribution in [1.29, 1.82) is 0 Å². The molecule has 0 aliphatic heterocycles. The van der Waals surface area contributed by atoms with Crippen LogP contribution in [0.15, 0.2) is 42.5 Å². The second-order valence-corrected chi connectivity index (χ2v) is 4.66. The Hall–Kier alpha value is -2.49. The van der Waals surface area contributed by atoms with Crippen molar-refractivity contribution in [3.05, 3.63) is 53.6 Å². The van der Waals surface area contributed by atoms with Crippen molar-refractivity contribution in [1.82, 2.24) is 0 Å². The zero-order valence-electron chi connectivity index (χ0n) is 11.5. The molecule has 104 valence electrons. The normalized spacial score (nSPS) is 10.1. The number of amides is 1. The first-order valence-corrected chi connectivity index (χ1v) is 6.33. The minimum absolute atomic E-state index is 0.1000. The third-order valence-corrected chi connectivity index (χ3v) is 2.82. The van der Waals surface area contributed by atoms with E-state index in [1.54, 1.807) is 12.1 Å². The third-order valence-electron chi connectivity index (χ3n) is 2.82. The summed E-state index contributed by atoms with van der Waals surface area (Å²) < 4.78 is 5.37. The maximum absolute atomic E-state index is 11.8. The highest BCUT2D eigenvalue weighted by Gasteiger charge is 2.06. The number of rotatable bonds is 4. The summed E-state index contributed by atoms with van der Waals surface area (Å²) in [5, 5.41) is 12.2. The lowest BCUT2D eigenvalue weighted by molar-refractivity contribution is -0.118. The first-order valence-electron chi connectivity index (χ1n) is 6.33. The minimum Gasteiger partial charge on any atom is -0.508 e. The summed E-state index contributed by atoms with van der Waals surface area (Å²) in [6.07, 6.45) is 0. The molecule has 2 N–H and O–H groups in total. The van der Waals surface area contributed by atoms with Crippen LogP contribution in [0.3, 0.4) is 0 Å². The van der Waals surface area contributed by atoms with Crippen LogP contribution in [0, 0.1) is 13.8 Å². The Labute approximate surface area is 118 Å². The zero-order valence-corrected chi connectivity index (χ0v) is 11.5. The molecule has 4 heteroatoms. The summed E-state index contributed by atoms with van der Waals surface area (Å²) in [6, 6.07) is 12.4. The summed E-state index contributed by atoms with van der Waals surface area (Å²) in [5.41, 5.74) is 2.64. The van der Waals surface area contributed by atoms with Crippen LogP contribution in [0.2, 0.25) is 0 Å². The fourth-order valence-corrected chi connectivity index (χ4v) is 1.86.